The van der Waals surface area contributed by atoms with Crippen molar-refractivity contribution in [1.29, 1.82) is 0 Å². The molecule has 23 heavy (non-hydrogen) atoms. The van der Waals surface area contributed by atoms with Crippen molar-refractivity contribution >= 4 is 5.78 Å². The van der Waals surface area contributed by atoms with Crippen molar-refractivity contribution in [3.05, 3.63) is 71.8 Å². The Morgan fingerprint density at radius 3 is 1.87 bits per heavy atom. The van der Waals surface area contributed by atoms with Crippen LogP contribution in [0.1, 0.15) is 24.0 Å². The molecule has 0 radical (unpaired) electrons. The average molecular weight is 311 g/mol. The van der Waals surface area contributed by atoms with Gasteiger partial charge < -0.3 is 0 Å². The molecule has 0 N–H and O–H groups in total. The molecule has 1 aliphatic rings. The summed E-state index contributed by atoms with van der Waals surface area (Å²) in [6, 6.07) is 20.0. The fourth-order valence-electron chi connectivity index (χ4n) is 2.81. The van der Waals surface area contributed by atoms with Gasteiger partial charge in [-0.3, -0.25) is 9.69 Å². The highest BCUT2D eigenvalue weighted by molar-refractivity contribution is 5.87. The molecule has 1 saturated carbocycles. The third-order valence-corrected chi connectivity index (χ3v) is 4.20. The summed E-state index contributed by atoms with van der Waals surface area (Å²) in [4.78, 5) is 14.0. The average Bonchev–Trinajstić information content (AvgIpc) is 3.41. The highest BCUT2D eigenvalue weighted by atomic mass is 19.1. The molecular formula is C20H22FNO. The molecule has 1 atom stereocenters. The van der Waals surface area contributed by atoms with E-state index < -0.39 is 6.17 Å². The summed E-state index contributed by atoms with van der Waals surface area (Å²) in [5.74, 6) is -0.239. The van der Waals surface area contributed by atoms with Crippen molar-refractivity contribution in [2.45, 2.75) is 32.1 Å². The first-order valence-corrected chi connectivity index (χ1v) is 8.20. The first-order valence-electron chi connectivity index (χ1n) is 8.20. The fourth-order valence-corrected chi connectivity index (χ4v) is 2.81. The second kappa shape index (κ2) is 7.51. The molecule has 1 unspecified atom stereocenters. The van der Waals surface area contributed by atoms with Crippen LogP contribution in [-0.2, 0) is 17.9 Å². The molecule has 1 fully saturated rings. The maximum Gasteiger partial charge on any atom is 0.171 e. The number of nitrogens with zero attached hydrogens (tertiary/aromatic N) is 1. The maximum atomic E-state index is 14.4. The van der Waals surface area contributed by atoms with Crippen LogP contribution >= 0.6 is 0 Å². The third-order valence-electron chi connectivity index (χ3n) is 4.20. The van der Waals surface area contributed by atoms with E-state index in [2.05, 4.69) is 0 Å². The third kappa shape index (κ3) is 4.73. The molecule has 3 heteroatoms. The van der Waals surface area contributed by atoms with Crippen LogP contribution in [0.4, 0.5) is 4.39 Å². The number of Topliss-reactive ketones (excluding diaryl/α,β-unsaturated/α-hetero) is 1. The number of halogens is 1. The summed E-state index contributed by atoms with van der Waals surface area (Å²) < 4.78 is 14.4. The minimum Gasteiger partial charge on any atom is -0.296 e. The van der Waals surface area contributed by atoms with Crippen LogP contribution in [0, 0.1) is 5.92 Å². The van der Waals surface area contributed by atoms with Crippen LogP contribution in [0.5, 0.6) is 0 Å². The minimum absolute atomic E-state index is 0.0275. The predicted molar refractivity (Wildman–Crippen MR) is 89.6 cm³/mol. The fraction of sp³-hybridized carbons (Fsp3) is 0.350. The van der Waals surface area contributed by atoms with E-state index in [9.17, 15) is 9.18 Å². The second-order valence-electron chi connectivity index (χ2n) is 6.28. The number of ketones is 1. The lowest BCUT2D eigenvalue weighted by Crippen LogP contribution is -2.34. The number of carbonyl (C=O) groups excluding carboxylic acids is 1. The molecule has 2 aromatic rings. The number of hydrogen-bond donors (Lipinski definition) is 0. The molecule has 2 aromatic carbocycles. The minimum atomic E-state index is -1.38. The largest absolute Gasteiger partial charge is 0.296 e. The van der Waals surface area contributed by atoms with Gasteiger partial charge in [0.25, 0.3) is 0 Å². The first kappa shape index (κ1) is 15.9. The first-order chi connectivity index (χ1) is 11.2. The van der Waals surface area contributed by atoms with Gasteiger partial charge in [0.05, 0.1) is 0 Å². The molecule has 0 heterocycles. The van der Waals surface area contributed by atoms with Gasteiger partial charge in [0.1, 0.15) is 0 Å². The van der Waals surface area contributed by atoms with Gasteiger partial charge in [0.2, 0.25) is 0 Å². The second-order valence-corrected chi connectivity index (χ2v) is 6.28. The molecule has 2 nitrogen and oxygen atoms in total. The number of alkyl halides is 1. The summed E-state index contributed by atoms with van der Waals surface area (Å²) in [6.45, 7) is 1.46. The van der Waals surface area contributed by atoms with Gasteiger partial charge in [0.15, 0.2) is 12.0 Å². The summed E-state index contributed by atoms with van der Waals surface area (Å²) >= 11 is 0. The van der Waals surface area contributed by atoms with Crippen molar-refractivity contribution in [2.75, 3.05) is 6.54 Å². The van der Waals surface area contributed by atoms with Crippen molar-refractivity contribution < 1.29 is 9.18 Å². The number of benzene rings is 2. The van der Waals surface area contributed by atoms with Crippen LogP contribution in [0.15, 0.2) is 60.7 Å². The van der Waals surface area contributed by atoms with Crippen LogP contribution in [0.3, 0.4) is 0 Å². The Balaban J connectivity index is 1.68. The van der Waals surface area contributed by atoms with Crippen molar-refractivity contribution in [3.8, 4) is 0 Å². The van der Waals surface area contributed by atoms with Crippen molar-refractivity contribution in [2.24, 2.45) is 5.92 Å². The summed E-state index contributed by atoms with van der Waals surface area (Å²) in [5.41, 5.74) is 2.27. The predicted octanol–water partition coefficient (Wildman–Crippen LogP) is 4.01. The molecule has 0 amide bonds. The van der Waals surface area contributed by atoms with E-state index in [1.165, 1.54) is 0 Å². The van der Waals surface area contributed by atoms with E-state index in [4.69, 9.17) is 0 Å². The summed E-state index contributed by atoms with van der Waals surface area (Å²) in [6.07, 6.45) is 0.336. The standard InChI is InChI=1S/C20H22FNO/c21-19(20(23)18-11-12-18)15-22(13-16-7-3-1-4-8-16)14-17-9-5-2-6-10-17/h1-10,18-19H,11-15H2. The van der Waals surface area contributed by atoms with E-state index in [0.29, 0.717) is 13.1 Å². The molecule has 120 valence electrons. The highest BCUT2D eigenvalue weighted by Crippen LogP contribution is 2.31. The van der Waals surface area contributed by atoms with Crippen LogP contribution < -0.4 is 0 Å². The molecular weight excluding hydrogens is 289 g/mol. The van der Waals surface area contributed by atoms with E-state index in [1.54, 1.807) is 0 Å². The lowest BCUT2D eigenvalue weighted by atomic mass is 10.1. The molecule has 0 spiro atoms. The van der Waals surface area contributed by atoms with E-state index >= 15 is 0 Å². The quantitative estimate of drug-likeness (QED) is 0.734. The Morgan fingerprint density at radius 2 is 1.43 bits per heavy atom. The smallest absolute Gasteiger partial charge is 0.171 e. The van der Waals surface area contributed by atoms with Gasteiger partial charge in [-0.25, -0.2) is 4.39 Å². The number of hydrogen-bond acceptors (Lipinski definition) is 2. The Labute approximate surface area is 136 Å². The van der Waals surface area contributed by atoms with E-state index in [0.717, 1.165) is 24.0 Å². The molecule has 1 aliphatic carbocycles. The Hall–Kier alpha value is -2.00. The molecule has 3 rings (SSSR count). The topological polar surface area (TPSA) is 20.3 Å². The lowest BCUT2D eigenvalue weighted by Gasteiger charge is -2.24. The van der Waals surface area contributed by atoms with Crippen LogP contribution in [-0.4, -0.2) is 23.4 Å². The van der Waals surface area contributed by atoms with Crippen LogP contribution in [0.25, 0.3) is 0 Å². The maximum absolute atomic E-state index is 14.4. The van der Waals surface area contributed by atoms with Gasteiger partial charge in [-0.2, -0.15) is 0 Å². The molecule has 0 aliphatic heterocycles. The van der Waals surface area contributed by atoms with E-state index in [-0.39, 0.29) is 18.2 Å². The zero-order valence-corrected chi connectivity index (χ0v) is 13.2. The number of rotatable bonds is 8. The Bertz CT molecular complexity index is 583. The summed E-state index contributed by atoms with van der Waals surface area (Å²) in [5, 5.41) is 0. The van der Waals surface area contributed by atoms with Crippen molar-refractivity contribution in [3.63, 3.8) is 0 Å². The lowest BCUT2D eigenvalue weighted by molar-refractivity contribution is -0.125. The Kier molecular flexibility index (Phi) is 5.19. The molecule has 0 aromatic heterocycles. The van der Waals surface area contributed by atoms with Crippen molar-refractivity contribution in [1.82, 2.24) is 4.90 Å². The van der Waals surface area contributed by atoms with Gasteiger partial charge >= 0.3 is 0 Å². The zero-order valence-electron chi connectivity index (χ0n) is 13.2. The van der Waals surface area contributed by atoms with Crippen LogP contribution in [0.2, 0.25) is 0 Å². The molecule has 0 bridgehead atoms. The SMILES string of the molecule is O=C(C(F)CN(Cc1ccccc1)Cc1ccccc1)C1CC1. The summed E-state index contributed by atoms with van der Waals surface area (Å²) in [7, 11) is 0. The van der Waals surface area contributed by atoms with Gasteiger partial charge in [0, 0.05) is 25.6 Å². The zero-order chi connectivity index (χ0) is 16.1. The highest BCUT2D eigenvalue weighted by Gasteiger charge is 2.35. The normalized spacial score (nSPS) is 15.6. The number of carbonyl (C=O) groups is 1. The van der Waals surface area contributed by atoms with Gasteiger partial charge in [-0.15, -0.1) is 0 Å². The van der Waals surface area contributed by atoms with Gasteiger partial charge in [-0.05, 0) is 24.0 Å². The Morgan fingerprint density at radius 1 is 0.957 bits per heavy atom. The van der Waals surface area contributed by atoms with Gasteiger partial charge in [-0.1, -0.05) is 60.7 Å². The molecule has 0 saturated heterocycles. The monoisotopic (exact) mass is 311 g/mol. The van der Waals surface area contributed by atoms with E-state index in [1.807, 2.05) is 65.6 Å².